The molecule has 0 spiro atoms. The van der Waals surface area contributed by atoms with Crippen molar-refractivity contribution >= 4 is 0 Å². The molecular formula is C13H26N2. The summed E-state index contributed by atoms with van der Waals surface area (Å²) in [7, 11) is 0. The molecule has 1 aliphatic heterocycles. The molecule has 2 heteroatoms. The summed E-state index contributed by atoms with van der Waals surface area (Å²) >= 11 is 0. The van der Waals surface area contributed by atoms with Gasteiger partial charge in [-0.25, -0.2) is 0 Å². The highest BCUT2D eigenvalue weighted by Crippen LogP contribution is 2.27. The predicted molar refractivity (Wildman–Crippen MR) is 67.2 cm³/mol. The van der Waals surface area contributed by atoms with E-state index in [-0.39, 0.29) is 0 Å². The summed E-state index contributed by atoms with van der Waals surface area (Å²) in [5.74, 6) is 0. The molecule has 1 unspecified atom stereocenters. The molecule has 0 aromatic rings. The summed E-state index contributed by atoms with van der Waals surface area (Å²) in [4.78, 5) is 2.62. The number of nitrogens with one attached hydrogen (secondary N) is 1. The molecule has 0 aliphatic carbocycles. The van der Waals surface area contributed by atoms with Crippen molar-refractivity contribution < 1.29 is 0 Å². The van der Waals surface area contributed by atoms with Crippen LogP contribution in [0.5, 0.6) is 0 Å². The van der Waals surface area contributed by atoms with E-state index >= 15 is 0 Å². The zero-order chi connectivity index (χ0) is 11.3. The molecule has 1 fully saturated rings. The van der Waals surface area contributed by atoms with Crippen molar-refractivity contribution in [2.45, 2.75) is 51.6 Å². The second-order valence-electron chi connectivity index (χ2n) is 4.61. The van der Waals surface area contributed by atoms with Gasteiger partial charge < -0.3 is 5.32 Å². The maximum Gasteiger partial charge on any atom is 0.0332 e. The molecule has 2 nitrogen and oxygen atoms in total. The SMILES string of the molecule is C=CCN1CC(CC)NCC1(CC)CC. The highest BCUT2D eigenvalue weighted by Gasteiger charge is 2.37. The van der Waals surface area contributed by atoms with Crippen molar-refractivity contribution in [2.24, 2.45) is 0 Å². The Labute approximate surface area is 94.7 Å². The third-order valence-corrected chi connectivity index (χ3v) is 3.99. The minimum absolute atomic E-state index is 0.361. The third-order valence-electron chi connectivity index (χ3n) is 3.99. The number of hydrogen-bond acceptors (Lipinski definition) is 2. The quantitative estimate of drug-likeness (QED) is 0.701. The topological polar surface area (TPSA) is 15.3 Å². The van der Waals surface area contributed by atoms with Crippen molar-refractivity contribution in [1.82, 2.24) is 10.2 Å². The summed E-state index contributed by atoms with van der Waals surface area (Å²) in [6, 6.07) is 0.663. The largest absolute Gasteiger partial charge is 0.311 e. The fraction of sp³-hybridized carbons (Fsp3) is 0.846. The lowest BCUT2D eigenvalue weighted by Gasteiger charge is -2.49. The van der Waals surface area contributed by atoms with Crippen LogP contribution in [0, 0.1) is 0 Å². The van der Waals surface area contributed by atoms with Gasteiger partial charge in [-0.1, -0.05) is 26.8 Å². The fourth-order valence-corrected chi connectivity index (χ4v) is 2.62. The molecule has 15 heavy (non-hydrogen) atoms. The first-order valence-electron chi connectivity index (χ1n) is 6.31. The third kappa shape index (κ3) is 2.61. The Bertz CT molecular complexity index is 197. The van der Waals surface area contributed by atoms with Crippen LogP contribution in [0.25, 0.3) is 0 Å². The molecule has 0 saturated carbocycles. The summed E-state index contributed by atoms with van der Waals surface area (Å²) in [5.41, 5.74) is 0.361. The summed E-state index contributed by atoms with van der Waals surface area (Å²) < 4.78 is 0. The van der Waals surface area contributed by atoms with Gasteiger partial charge in [0.2, 0.25) is 0 Å². The van der Waals surface area contributed by atoms with Gasteiger partial charge in [-0.2, -0.15) is 0 Å². The van der Waals surface area contributed by atoms with Crippen LogP contribution in [-0.4, -0.2) is 36.1 Å². The van der Waals surface area contributed by atoms with E-state index in [9.17, 15) is 0 Å². The highest BCUT2D eigenvalue weighted by molar-refractivity contribution is 4.99. The molecule has 1 atom stereocenters. The fourth-order valence-electron chi connectivity index (χ4n) is 2.62. The normalized spacial score (nSPS) is 26.5. The number of nitrogens with zero attached hydrogens (tertiary/aromatic N) is 1. The van der Waals surface area contributed by atoms with Gasteiger partial charge >= 0.3 is 0 Å². The van der Waals surface area contributed by atoms with Crippen LogP contribution in [0.2, 0.25) is 0 Å². The maximum atomic E-state index is 3.88. The summed E-state index contributed by atoms with van der Waals surface area (Å²) in [6.07, 6.45) is 5.71. The Morgan fingerprint density at radius 2 is 2.07 bits per heavy atom. The van der Waals surface area contributed by atoms with E-state index in [0.29, 0.717) is 11.6 Å². The van der Waals surface area contributed by atoms with Gasteiger partial charge in [-0.05, 0) is 19.3 Å². The second-order valence-corrected chi connectivity index (χ2v) is 4.61. The second kappa shape index (κ2) is 5.66. The summed E-state index contributed by atoms with van der Waals surface area (Å²) in [6.45, 7) is 14.1. The van der Waals surface area contributed by atoms with E-state index in [1.165, 1.54) is 25.8 Å². The zero-order valence-electron chi connectivity index (χ0n) is 10.6. The Balaban J connectivity index is 2.73. The minimum atomic E-state index is 0.361. The van der Waals surface area contributed by atoms with Crippen molar-refractivity contribution in [1.29, 1.82) is 0 Å². The van der Waals surface area contributed by atoms with Crippen molar-refractivity contribution in [3.8, 4) is 0 Å². The van der Waals surface area contributed by atoms with Crippen molar-refractivity contribution in [3.63, 3.8) is 0 Å². The van der Waals surface area contributed by atoms with Gasteiger partial charge in [-0.3, -0.25) is 4.90 Å². The molecule has 0 amide bonds. The standard InChI is InChI=1S/C13H26N2/c1-5-9-15-10-12(6-2)14-11-13(15,7-3)8-4/h5,12,14H,1,6-11H2,2-4H3. The van der Waals surface area contributed by atoms with Crippen LogP contribution >= 0.6 is 0 Å². The first-order chi connectivity index (χ1) is 7.22. The van der Waals surface area contributed by atoms with E-state index < -0.39 is 0 Å². The average Bonchev–Trinajstić information content (AvgIpc) is 2.30. The maximum absolute atomic E-state index is 3.88. The Hall–Kier alpha value is -0.340. The van der Waals surface area contributed by atoms with E-state index in [0.717, 1.165) is 13.1 Å². The van der Waals surface area contributed by atoms with E-state index in [1.54, 1.807) is 0 Å². The smallest absolute Gasteiger partial charge is 0.0332 e. The molecule has 0 radical (unpaired) electrons. The molecule has 0 aromatic carbocycles. The molecule has 1 heterocycles. The Morgan fingerprint density at radius 3 is 2.53 bits per heavy atom. The van der Waals surface area contributed by atoms with Gasteiger partial charge in [0.05, 0.1) is 0 Å². The molecule has 1 saturated heterocycles. The molecule has 0 aromatic heterocycles. The van der Waals surface area contributed by atoms with Gasteiger partial charge in [0, 0.05) is 31.2 Å². The van der Waals surface area contributed by atoms with Gasteiger partial charge in [-0.15, -0.1) is 6.58 Å². The first-order valence-corrected chi connectivity index (χ1v) is 6.31. The van der Waals surface area contributed by atoms with E-state index in [4.69, 9.17) is 0 Å². The van der Waals surface area contributed by atoms with Crippen LogP contribution in [0.15, 0.2) is 12.7 Å². The Morgan fingerprint density at radius 1 is 1.40 bits per heavy atom. The Kier molecular flexibility index (Phi) is 4.81. The zero-order valence-corrected chi connectivity index (χ0v) is 10.6. The molecule has 1 N–H and O–H groups in total. The van der Waals surface area contributed by atoms with Crippen LogP contribution in [0.1, 0.15) is 40.0 Å². The lowest BCUT2D eigenvalue weighted by Crippen LogP contribution is -2.64. The molecule has 0 bridgehead atoms. The van der Waals surface area contributed by atoms with Gasteiger partial charge in [0.25, 0.3) is 0 Å². The average molecular weight is 210 g/mol. The lowest BCUT2D eigenvalue weighted by molar-refractivity contribution is 0.0416. The van der Waals surface area contributed by atoms with Crippen molar-refractivity contribution in [2.75, 3.05) is 19.6 Å². The highest BCUT2D eigenvalue weighted by atomic mass is 15.3. The van der Waals surface area contributed by atoms with Gasteiger partial charge in [0.15, 0.2) is 0 Å². The summed E-state index contributed by atoms with van der Waals surface area (Å²) in [5, 5.41) is 3.67. The molecule has 1 rings (SSSR count). The van der Waals surface area contributed by atoms with Crippen LogP contribution in [-0.2, 0) is 0 Å². The van der Waals surface area contributed by atoms with E-state index in [2.05, 4.69) is 37.6 Å². The molecule has 88 valence electrons. The minimum Gasteiger partial charge on any atom is -0.311 e. The van der Waals surface area contributed by atoms with Crippen molar-refractivity contribution in [3.05, 3.63) is 12.7 Å². The number of piperazine rings is 1. The number of hydrogen-bond donors (Lipinski definition) is 1. The monoisotopic (exact) mass is 210 g/mol. The number of rotatable bonds is 5. The van der Waals surface area contributed by atoms with Crippen LogP contribution in [0.3, 0.4) is 0 Å². The van der Waals surface area contributed by atoms with Gasteiger partial charge in [0.1, 0.15) is 0 Å². The first kappa shape index (κ1) is 12.7. The molecular weight excluding hydrogens is 184 g/mol. The van der Waals surface area contributed by atoms with Crippen LogP contribution in [0.4, 0.5) is 0 Å². The predicted octanol–water partition coefficient (Wildman–Crippen LogP) is 2.42. The molecule has 1 aliphatic rings. The van der Waals surface area contributed by atoms with Crippen LogP contribution < -0.4 is 5.32 Å². The van der Waals surface area contributed by atoms with E-state index in [1.807, 2.05) is 6.08 Å². The lowest BCUT2D eigenvalue weighted by atomic mass is 9.87.